The van der Waals surface area contributed by atoms with E-state index in [1.54, 1.807) is 6.07 Å². The topological polar surface area (TPSA) is 41.5 Å². The summed E-state index contributed by atoms with van der Waals surface area (Å²) >= 11 is 0. The molecule has 0 unspecified atom stereocenters. The number of rotatable bonds is 9. The van der Waals surface area contributed by atoms with Crippen molar-refractivity contribution < 1.29 is 14.2 Å². The number of ether oxygens (including phenoxy) is 1. The van der Waals surface area contributed by atoms with Gasteiger partial charge < -0.3 is 15.2 Å². The van der Waals surface area contributed by atoms with E-state index in [0.717, 1.165) is 31.5 Å². The van der Waals surface area contributed by atoms with Crippen molar-refractivity contribution in [1.82, 2.24) is 0 Å². The molecule has 19 heavy (non-hydrogen) atoms. The van der Waals surface area contributed by atoms with Crippen LogP contribution in [-0.2, 0) is 0 Å². The summed E-state index contributed by atoms with van der Waals surface area (Å²) in [6.45, 7) is 1.74. The first-order chi connectivity index (χ1) is 9.29. The Bertz CT molecular complexity index is 394. The molecule has 2 rings (SSSR count). The van der Waals surface area contributed by atoms with Gasteiger partial charge in [-0.05, 0) is 50.2 Å². The zero-order valence-electron chi connectivity index (χ0n) is 11.2. The predicted octanol–water partition coefficient (Wildman–Crippen LogP) is 3.19. The Morgan fingerprint density at radius 2 is 2.11 bits per heavy atom. The molecule has 0 aliphatic heterocycles. The van der Waals surface area contributed by atoms with Crippen LogP contribution in [0.5, 0.6) is 5.75 Å². The van der Waals surface area contributed by atoms with Crippen LogP contribution in [0.4, 0.5) is 10.1 Å². The molecule has 1 fully saturated rings. The van der Waals surface area contributed by atoms with Gasteiger partial charge in [0.05, 0.1) is 12.3 Å². The molecule has 2 N–H and O–H groups in total. The molecule has 1 aromatic rings. The Labute approximate surface area is 113 Å². The lowest BCUT2D eigenvalue weighted by Gasteiger charge is -2.13. The van der Waals surface area contributed by atoms with Crippen molar-refractivity contribution >= 4 is 5.69 Å². The summed E-state index contributed by atoms with van der Waals surface area (Å²) in [4.78, 5) is 0. The summed E-state index contributed by atoms with van der Waals surface area (Å²) in [6, 6.07) is 4.61. The minimum Gasteiger partial charge on any atom is -0.491 e. The van der Waals surface area contributed by atoms with Crippen LogP contribution in [-0.4, -0.2) is 24.9 Å². The molecule has 106 valence electrons. The maximum absolute atomic E-state index is 13.2. The Morgan fingerprint density at radius 1 is 1.26 bits per heavy atom. The Kier molecular flexibility index (Phi) is 5.45. The van der Waals surface area contributed by atoms with Crippen molar-refractivity contribution in [2.45, 2.75) is 32.1 Å². The van der Waals surface area contributed by atoms with Crippen LogP contribution in [0.2, 0.25) is 0 Å². The number of aliphatic hydroxyl groups is 1. The molecule has 0 aromatic heterocycles. The highest BCUT2D eigenvalue weighted by molar-refractivity contribution is 5.56. The number of hydrogen-bond acceptors (Lipinski definition) is 3. The molecule has 1 aromatic carbocycles. The second kappa shape index (κ2) is 7.34. The lowest BCUT2D eigenvalue weighted by molar-refractivity contribution is 0.283. The second-order valence-electron chi connectivity index (χ2n) is 5.11. The molecule has 0 radical (unpaired) electrons. The fourth-order valence-electron chi connectivity index (χ4n) is 1.89. The highest BCUT2D eigenvalue weighted by Crippen LogP contribution is 2.32. The van der Waals surface area contributed by atoms with Crippen LogP contribution in [0.1, 0.15) is 32.1 Å². The number of benzene rings is 1. The van der Waals surface area contributed by atoms with Crippen LogP contribution < -0.4 is 10.1 Å². The summed E-state index contributed by atoms with van der Waals surface area (Å²) in [5, 5.41) is 12.0. The molecular formula is C15H22FNO2. The zero-order valence-corrected chi connectivity index (χ0v) is 11.2. The quantitative estimate of drug-likeness (QED) is 0.675. The largest absolute Gasteiger partial charge is 0.491 e. The standard InChI is InChI=1S/C15H22FNO2/c16-13-6-7-14(17-8-2-1-3-9-18)15(10-13)19-11-12-4-5-12/h6-7,10,12,17-18H,1-5,8-9,11H2. The minimum absolute atomic E-state index is 0.242. The third-order valence-electron chi connectivity index (χ3n) is 3.27. The summed E-state index contributed by atoms with van der Waals surface area (Å²) in [6.07, 6.45) is 5.25. The molecule has 0 bridgehead atoms. The maximum Gasteiger partial charge on any atom is 0.145 e. The minimum atomic E-state index is -0.267. The highest BCUT2D eigenvalue weighted by Gasteiger charge is 2.22. The maximum atomic E-state index is 13.2. The molecule has 1 saturated carbocycles. The predicted molar refractivity (Wildman–Crippen MR) is 74.0 cm³/mol. The molecule has 1 aliphatic carbocycles. The molecule has 1 aliphatic rings. The van der Waals surface area contributed by atoms with Crippen molar-refractivity contribution in [3.8, 4) is 5.75 Å². The van der Waals surface area contributed by atoms with E-state index < -0.39 is 0 Å². The van der Waals surface area contributed by atoms with Gasteiger partial charge in [-0.1, -0.05) is 0 Å². The molecule has 0 amide bonds. The lowest BCUT2D eigenvalue weighted by atomic mass is 10.2. The number of aliphatic hydroxyl groups excluding tert-OH is 1. The summed E-state index contributed by atoms with van der Waals surface area (Å²) in [7, 11) is 0. The SMILES string of the molecule is OCCCCCNc1ccc(F)cc1OCC1CC1. The van der Waals surface area contributed by atoms with Gasteiger partial charge in [0.2, 0.25) is 0 Å². The zero-order chi connectivity index (χ0) is 13.5. The molecule has 0 spiro atoms. The van der Waals surface area contributed by atoms with E-state index in [0.29, 0.717) is 18.3 Å². The van der Waals surface area contributed by atoms with E-state index in [1.165, 1.54) is 25.0 Å². The van der Waals surface area contributed by atoms with Gasteiger partial charge in [-0.15, -0.1) is 0 Å². The molecule has 3 nitrogen and oxygen atoms in total. The third kappa shape index (κ3) is 5.07. The van der Waals surface area contributed by atoms with Crippen LogP contribution in [0.15, 0.2) is 18.2 Å². The fourth-order valence-corrected chi connectivity index (χ4v) is 1.89. The van der Waals surface area contributed by atoms with Crippen molar-refractivity contribution in [3.63, 3.8) is 0 Å². The van der Waals surface area contributed by atoms with Gasteiger partial charge in [0, 0.05) is 19.2 Å². The normalized spacial score (nSPS) is 14.4. The summed E-state index contributed by atoms with van der Waals surface area (Å²) in [5.74, 6) is 0.992. The summed E-state index contributed by atoms with van der Waals surface area (Å²) in [5.41, 5.74) is 0.853. The Balaban J connectivity index is 1.82. The van der Waals surface area contributed by atoms with Crippen LogP contribution >= 0.6 is 0 Å². The third-order valence-corrected chi connectivity index (χ3v) is 3.27. The molecule has 0 atom stereocenters. The second-order valence-corrected chi connectivity index (χ2v) is 5.11. The summed E-state index contributed by atoms with van der Waals surface area (Å²) < 4.78 is 18.9. The van der Waals surface area contributed by atoms with Gasteiger partial charge in [0.1, 0.15) is 11.6 Å². The van der Waals surface area contributed by atoms with Gasteiger partial charge in [-0.25, -0.2) is 4.39 Å². The molecule has 0 heterocycles. The smallest absolute Gasteiger partial charge is 0.145 e. The first kappa shape index (κ1) is 14.1. The highest BCUT2D eigenvalue weighted by atomic mass is 19.1. The van der Waals surface area contributed by atoms with Crippen LogP contribution in [0, 0.1) is 11.7 Å². The van der Waals surface area contributed by atoms with Gasteiger partial charge in [-0.3, -0.25) is 0 Å². The molecule has 0 saturated heterocycles. The number of halogens is 1. The first-order valence-electron chi connectivity index (χ1n) is 7.06. The van der Waals surface area contributed by atoms with Crippen molar-refractivity contribution in [1.29, 1.82) is 0 Å². The van der Waals surface area contributed by atoms with Crippen LogP contribution in [0.25, 0.3) is 0 Å². The number of hydrogen-bond donors (Lipinski definition) is 2. The van der Waals surface area contributed by atoms with Gasteiger partial charge in [0.25, 0.3) is 0 Å². The average molecular weight is 267 g/mol. The Morgan fingerprint density at radius 3 is 2.84 bits per heavy atom. The van der Waals surface area contributed by atoms with E-state index in [9.17, 15) is 4.39 Å². The molecular weight excluding hydrogens is 245 g/mol. The number of unbranched alkanes of at least 4 members (excludes halogenated alkanes) is 2. The van der Waals surface area contributed by atoms with Crippen molar-refractivity contribution in [2.24, 2.45) is 5.92 Å². The van der Waals surface area contributed by atoms with Crippen molar-refractivity contribution in [2.75, 3.05) is 25.1 Å². The van der Waals surface area contributed by atoms with Gasteiger partial charge in [0.15, 0.2) is 0 Å². The average Bonchev–Trinajstić information content (AvgIpc) is 3.22. The van der Waals surface area contributed by atoms with Crippen molar-refractivity contribution in [3.05, 3.63) is 24.0 Å². The molecule has 4 heteroatoms. The van der Waals surface area contributed by atoms with Gasteiger partial charge in [-0.2, -0.15) is 0 Å². The number of nitrogens with one attached hydrogen (secondary N) is 1. The van der Waals surface area contributed by atoms with E-state index in [-0.39, 0.29) is 12.4 Å². The van der Waals surface area contributed by atoms with Gasteiger partial charge >= 0.3 is 0 Å². The number of anilines is 1. The van der Waals surface area contributed by atoms with E-state index in [2.05, 4.69) is 5.32 Å². The first-order valence-corrected chi connectivity index (χ1v) is 7.06. The fraction of sp³-hybridized carbons (Fsp3) is 0.600. The van der Waals surface area contributed by atoms with E-state index >= 15 is 0 Å². The van der Waals surface area contributed by atoms with E-state index in [1.807, 2.05) is 0 Å². The van der Waals surface area contributed by atoms with Crippen LogP contribution in [0.3, 0.4) is 0 Å². The Hall–Kier alpha value is -1.29. The lowest BCUT2D eigenvalue weighted by Crippen LogP contribution is -2.06. The van der Waals surface area contributed by atoms with E-state index in [4.69, 9.17) is 9.84 Å². The monoisotopic (exact) mass is 267 g/mol.